The maximum Gasteiger partial charge on any atom is 0.306 e. The summed E-state index contributed by atoms with van der Waals surface area (Å²) in [6.45, 7) is 6.36. The normalized spacial score (nSPS) is 12.9. The molecule has 0 aliphatic carbocycles. The molecule has 6 nitrogen and oxygen atoms in total. The minimum atomic E-state index is -0.815. The molecule has 83 heavy (non-hydrogen) atoms. The first-order valence-electron chi connectivity index (χ1n) is 35.0. The molecule has 0 amide bonds. The zero-order chi connectivity index (χ0) is 59.9. The van der Waals surface area contributed by atoms with Crippen LogP contribution in [0.1, 0.15) is 329 Å². The van der Waals surface area contributed by atoms with Gasteiger partial charge in [-0.25, -0.2) is 0 Å². The Morgan fingerprint density at radius 1 is 0.253 bits per heavy atom. The van der Waals surface area contributed by atoms with Crippen molar-refractivity contribution in [3.05, 3.63) is 122 Å². The molecule has 0 aromatic carbocycles. The Morgan fingerprint density at radius 2 is 0.494 bits per heavy atom. The predicted molar refractivity (Wildman–Crippen MR) is 362 cm³/mol. The fourth-order valence-corrected chi connectivity index (χ4v) is 9.77. The topological polar surface area (TPSA) is 78.9 Å². The van der Waals surface area contributed by atoms with Crippen molar-refractivity contribution >= 4 is 17.9 Å². The number of rotatable bonds is 63. The molecule has 1 unspecified atom stereocenters. The summed E-state index contributed by atoms with van der Waals surface area (Å²) in [7, 11) is 0. The van der Waals surface area contributed by atoms with Crippen molar-refractivity contribution in [2.24, 2.45) is 0 Å². The Kier molecular flexibility index (Phi) is 66.7. The summed E-state index contributed by atoms with van der Waals surface area (Å²) in [6, 6.07) is 0. The van der Waals surface area contributed by atoms with Gasteiger partial charge in [-0.15, -0.1) is 0 Å². The van der Waals surface area contributed by atoms with E-state index in [0.717, 1.165) is 103 Å². The quantitative estimate of drug-likeness (QED) is 0.0261. The van der Waals surface area contributed by atoms with Gasteiger partial charge in [0.05, 0.1) is 0 Å². The molecule has 0 fully saturated rings. The standard InChI is InChI=1S/C77H130O6/c1-4-7-10-13-16-19-22-25-27-29-31-33-34-35-36-37-38-39-40-41-42-44-45-47-49-52-55-58-61-64-67-70-76(79)82-73-74(72-81-75(78)69-66-63-60-57-54-51-24-21-18-15-12-9-6-3)83-77(80)71-68-65-62-59-56-53-50-48-46-43-32-30-28-26-23-20-17-14-11-8-5-2/h8-9,11-12,17-18,20-22,25-26,28-29,31-32,43,51,54,60,63,74H,4-7,10,13-16,19,23-24,27,30,33-42,44-50,52-53,55-59,61-62,64-73H2,1-3H3/b11-8-,12-9-,20-17-,21-18-,25-22-,28-26-,31-29-,43-32-,54-51-,63-60-. The molecule has 0 saturated heterocycles. The van der Waals surface area contributed by atoms with Gasteiger partial charge in [0.1, 0.15) is 13.2 Å². The van der Waals surface area contributed by atoms with Crippen molar-refractivity contribution in [2.75, 3.05) is 13.2 Å². The van der Waals surface area contributed by atoms with E-state index >= 15 is 0 Å². The SMILES string of the molecule is CC/C=C\C/C=C\C/C=C\C/C=C\CCCCCCCCCCC(=O)OC(COC(=O)CC/C=C\C/C=C\C/C=C\C/C=C\CC)COC(=O)CCCCCCCCCCCCCCCCCCCCC/C=C\C/C=C\CCCCCCC. The molecule has 0 rings (SSSR count). The monoisotopic (exact) mass is 1150 g/mol. The summed E-state index contributed by atoms with van der Waals surface area (Å²) in [5, 5.41) is 0. The van der Waals surface area contributed by atoms with Gasteiger partial charge in [0.2, 0.25) is 0 Å². The molecule has 0 aliphatic rings. The average molecular weight is 1150 g/mol. The molecule has 6 heteroatoms. The lowest BCUT2D eigenvalue weighted by atomic mass is 10.0. The Balaban J connectivity index is 4.26. The summed E-state index contributed by atoms with van der Waals surface area (Å²) in [6.07, 6.45) is 98.2. The van der Waals surface area contributed by atoms with Crippen LogP contribution in [0.2, 0.25) is 0 Å². The van der Waals surface area contributed by atoms with Crippen molar-refractivity contribution in [1.29, 1.82) is 0 Å². The number of carbonyl (C=O) groups excluding carboxylic acids is 3. The molecular formula is C77H130O6. The number of carbonyl (C=O) groups is 3. The van der Waals surface area contributed by atoms with E-state index in [-0.39, 0.29) is 37.5 Å². The summed E-state index contributed by atoms with van der Waals surface area (Å²) in [4.78, 5) is 38.3. The highest BCUT2D eigenvalue weighted by Crippen LogP contribution is 2.17. The molecule has 0 aromatic rings. The van der Waals surface area contributed by atoms with Gasteiger partial charge in [-0.1, -0.05) is 316 Å². The zero-order valence-electron chi connectivity index (χ0n) is 54.4. The van der Waals surface area contributed by atoms with Crippen molar-refractivity contribution in [2.45, 2.75) is 335 Å². The van der Waals surface area contributed by atoms with E-state index in [2.05, 4.69) is 136 Å². The highest BCUT2D eigenvalue weighted by atomic mass is 16.6. The Bertz CT molecular complexity index is 1700. The maximum atomic E-state index is 12.9. The molecule has 474 valence electrons. The lowest BCUT2D eigenvalue weighted by Gasteiger charge is -2.18. The summed E-state index contributed by atoms with van der Waals surface area (Å²) in [5.41, 5.74) is 0. The highest BCUT2D eigenvalue weighted by Gasteiger charge is 2.19. The molecule has 0 N–H and O–H groups in total. The first-order chi connectivity index (χ1) is 41.0. The van der Waals surface area contributed by atoms with Gasteiger partial charge in [0, 0.05) is 19.3 Å². The van der Waals surface area contributed by atoms with Gasteiger partial charge in [-0.2, -0.15) is 0 Å². The number of ether oxygens (including phenoxy) is 3. The summed E-state index contributed by atoms with van der Waals surface area (Å²) >= 11 is 0. The molecule has 0 aliphatic heterocycles. The second kappa shape index (κ2) is 70.3. The Morgan fingerprint density at radius 3 is 0.807 bits per heavy atom. The van der Waals surface area contributed by atoms with E-state index < -0.39 is 6.10 Å². The molecule has 0 radical (unpaired) electrons. The third-order valence-electron chi connectivity index (χ3n) is 14.9. The first kappa shape index (κ1) is 78.8. The van der Waals surface area contributed by atoms with E-state index in [1.54, 1.807) is 0 Å². The molecule has 0 spiro atoms. The summed E-state index contributed by atoms with van der Waals surface area (Å²) in [5.74, 6) is -0.988. The van der Waals surface area contributed by atoms with Crippen LogP contribution in [0.5, 0.6) is 0 Å². The van der Waals surface area contributed by atoms with E-state index in [1.807, 2.05) is 6.08 Å². The number of hydrogen-bond acceptors (Lipinski definition) is 6. The van der Waals surface area contributed by atoms with Crippen LogP contribution in [0.3, 0.4) is 0 Å². The number of allylic oxidation sites excluding steroid dienone is 20. The van der Waals surface area contributed by atoms with Crippen molar-refractivity contribution in [3.63, 3.8) is 0 Å². The molecule has 0 aromatic heterocycles. The van der Waals surface area contributed by atoms with Gasteiger partial charge in [0.15, 0.2) is 6.10 Å². The second-order valence-corrected chi connectivity index (χ2v) is 23.0. The van der Waals surface area contributed by atoms with Crippen LogP contribution >= 0.6 is 0 Å². The average Bonchev–Trinajstić information content (AvgIpc) is 3.49. The minimum Gasteiger partial charge on any atom is -0.462 e. The van der Waals surface area contributed by atoms with Gasteiger partial charge in [-0.05, 0) is 116 Å². The number of hydrogen-bond donors (Lipinski definition) is 0. The van der Waals surface area contributed by atoms with E-state index in [1.165, 1.54) is 180 Å². The minimum absolute atomic E-state index is 0.103. The third kappa shape index (κ3) is 68.5. The fourth-order valence-electron chi connectivity index (χ4n) is 9.77. The fraction of sp³-hybridized carbons (Fsp3) is 0.701. The van der Waals surface area contributed by atoms with E-state index in [4.69, 9.17) is 14.2 Å². The van der Waals surface area contributed by atoms with E-state index in [0.29, 0.717) is 19.3 Å². The lowest BCUT2D eigenvalue weighted by Crippen LogP contribution is -2.30. The van der Waals surface area contributed by atoms with Crippen LogP contribution in [0, 0.1) is 0 Å². The maximum absolute atomic E-state index is 12.9. The largest absolute Gasteiger partial charge is 0.462 e. The zero-order valence-corrected chi connectivity index (χ0v) is 54.4. The van der Waals surface area contributed by atoms with Gasteiger partial charge < -0.3 is 14.2 Å². The van der Waals surface area contributed by atoms with Gasteiger partial charge in [0.25, 0.3) is 0 Å². The van der Waals surface area contributed by atoms with Crippen LogP contribution in [0.15, 0.2) is 122 Å². The van der Waals surface area contributed by atoms with Crippen molar-refractivity contribution in [3.8, 4) is 0 Å². The molecule has 0 heterocycles. The number of esters is 3. The van der Waals surface area contributed by atoms with Gasteiger partial charge >= 0.3 is 17.9 Å². The van der Waals surface area contributed by atoms with Crippen molar-refractivity contribution in [1.82, 2.24) is 0 Å². The van der Waals surface area contributed by atoms with Crippen LogP contribution in [-0.2, 0) is 28.6 Å². The smallest absolute Gasteiger partial charge is 0.306 e. The van der Waals surface area contributed by atoms with Crippen LogP contribution in [0.4, 0.5) is 0 Å². The summed E-state index contributed by atoms with van der Waals surface area (Å²) < 4.78 is 16.9. The Labute approximate surface area is 513 Å². The van der Waals surface area contributed by atoms with E-state index in [9.17, 15) is 14.4 Å². The number of unbranched alkanes of at least 4 members (excludes halogenated alkanes) is 32. The highest BCUT2D eigenvalue weighted by molar-refractivity contribution is 5.71. The first-order valence-corrected chi connectivity index (χ1v) is 35.0. The molecule has 0 saturated carbocycles. The van der Waals surface area contributed by atoms with Crippen LogP contribution in [-0.4, -0.2) is 37.2 Å². The van der Waals surface area contributed by atoms with Crippen molar-refractivity contribution < 1.29 is 28.6 Å². The Hall–Kier alpha value is -4.19. The van der Waals surface area contributed by atoms with Crippen LogP contribution < -0.4 is 0 Å². The second-order valence-electron chi connectivity index (χ2n) is 23.0. The van der Waals surface area contributed by atoms with Crippen LogP contribution in [0.25, 0.3) is 0 Å². The lowest BCUT2D eigenvalue weighted by molar-refractivity contribution is -0.166. The molecule has 1 atom stereocenters. The predicted octanol–water partition coefficient (Wildman–Crippen LogP) is 24.3. The molecular weight excluding hydrogens is 1020 g/mol. The van der Waals surface area contributed by atoms with Gasteiger partial charge in [-0.3, -0.25) is 14.4 Å². The third-order valence-corrected chi connectivity index (χ3v) is 14.9. The molecule has 0 bridgehead atoms.